The molecule has 2 nitrogen and oxygen atoms in total. The molecular weight excluding hydrogens is 205 g/mol. The molecule has 92 valence electrons. The Bertz CT molecular complexity index is 180. The second-order valence-electron chi connectivity index (χ2n) is 4.33. The van der Waals surface area contributed by atoms with Crippen molar-refractivity contribution in [1.82, 2.24) is 4.90 Å². The minimum absolute atomic E-state index is 0.0646. The summed E-state index contributed by atoms with van der Waals surface area (Å²) in [6.45, 7) is 6.75. The van der Waals surface area contributed by atoms with Crippen molar-refractivity contribution in [2.75, 3.05) is 13.1 Å². The molecule has 2 atom stereocenters. The third-order valence-electron chi connectivity index (χ3n) is 2.74. The molecule has 0 aliphatic rings. The lowest BCUT2D eigenvalue weighted by molar-refractivity contribution is -0.156. The molecule has 0 fully saturated rings. The van der Waals surface area contributed by atoms with E-state index in [2.05, 4.69) is 0 Å². The van der Waals surface area contributed by atoms with Crippen LogP contribution < -0.4 is 5.73 Å². The van der Waals surface area contributed by atoms with E-state index in [-0.39, 0.29) is 18.0 Å². The van der Waals surface area contributed by atoms with Crippen molar-refractivity contribution in [1.29, 1.82) is 0 Å². The highest BCUT2D eigenvalue weighted by Crippen LogP contribution is 2.22. The Morgan fingerprint density at radius 3 is 1.87 bits per heavy atom. The number of nitrogens with zero attached hydrogens (tertiary/aromatic N) is 1. The van der Waals surface area contributed by atoms with Gasteiger partial charge < -0.3 is 5.73 Å². The van der Waals surface area contributed by atoms with Gasteiger partial charge in [0.2, 0.25) is 0 Å². The van der Waals surface area contributed by atoms with Gasteiger partial charge >= 0.3 is 6.18 Å². The number of halogens is 3. The zero-order valence-corrected chi connectivity index (χ0v) is 9.80. The summed E-state index contributed by atoms with van der Waals surface area (Å²) in [5, 5.41) is 0. The molecule has 0 rings (SSSR count). The lowest BCUT2D eigenvalue weighted by Crippen LogP contribution is -2.48. The number of rotatable bonds is 5. The first-order valence-electron chi connectivity index (χ1n) is 5.21. The summed E-state index contributed by atoms with van der Waals surface area (Å²) in [6, 6.07) is -0.285. The van der Waals surface area contributed by atoms with Crippen molar-refractivity contribution in [2.45, 2.75) is 46.0 Å². The zero-order chi connectivity index (χ0) is 12.2. The zero-order valence-electron chi connectivity index (χ0n) is 9.80. The first-order chi connectivity index (χ1) is 6.69. The maximum Gasteiger partial charge on any atom is 0.401 e. The van der Waals surface area contributed by atoms with Crippen LogP contribution in [-0.2, 0) is 0 Å². The Morgan fingerprint density at radius 2 is 1.60 bits per heavy atom. The average molecular weight is 226 g/mol. The van der Waals surface area contributed by atoms with Crippen molar-refractivity contribution < 1.29 is 13.2 Å². The molecule has 0 aromatic rings. The molecule has 0 saturated carbocycles. The van der Waals surface area contributed by atoms with Crippen LogP contribution in [0.15, 0.2) is 0 Å². The summed E-state index contributed by atoms with van der Waals surface area (Å²) in [7, 11) is 0. The van der Waals surface area contributed by atoms with Crippen molar-refractivity contribution in [3.63, 3.8) is 0 Å². The quantitative estimate of drug-likeness (QED) is 0.779. The van der Waals surface area contributed by atoms with E-state index in [9.17, 15) is 13.2 Å². The van der Waals surface area contributed by atoms with Gasteiger partial charge in [0.05, 0.1) is 6.54 Å². The largest absolute Gasteiger partial charge is 0.401 e. The molecule has 0 aromatic carbocycles. The molecule has 15 heavy (non-hydrogen) atoms. The van der Waals surface area contributed by atoms with E-state index in [1.54, 1.807) is 20.8 Å². The monoisotopic (exact) mass is 226 g/mol. The van der Waals surface area contributed by atoms with Crippen LogP contribution in [0.4, 0.5) is 13.2 Å². The Balaban J connectivity index is 4.52. The summed E-state index contributed by atoms with van der Waals surface area (Å²) in [4.78, 5) is 1.44. The van der Waals surface area contributed by atoms with Gasteiger partial charge in [0, 0.05) is 12.1 Å². The predicted octanol–water partition coefficient (Wildman–Crippen LogP) is 2.24. The average Bonchev–Trinajstić information content (AvgIpc) is 2.10. The molecule has 0 bridgehead atoms. The molecule has 0 aliphatic heterocycles. The Kier molecular flexibility index (Phi) is 5.59. The maximum absolute atomic E-state index is 12.3. The topological polar surface area (TPSA) is 29.3 Å². The SMILES string of the molecule is CC(CN)C(C)N(CC(F)(F)F)C(C)C. The van der Waals surface area contributed by atoms with Crippen molar-refractivity contribution in [3.05, 3.63) is 0 Å². The fourth-order valence-corrected chi connectivity index (χ4v) is 1.53. The molecule has 0 saturated heterocycles. The first kappa shape index (κ1) is 14.7. The third-order valence-corrected chi connectivity index (χ3v) is 2.74. The Morgan fingerprint density at radius 1 is 1.13 bits per heavy atom. The van der Waals surface area contributed by atoms with Gasteiger partial charge in [-0.3, -0.25) is 4.90 Å². The highest BCUT2D eigenvalue weighted by Gasteiger charge is 2.34. The van der Waals surface area contributed by atoms with E-state index in [4.69, 9.17) is 5.73 Å². The van der Waals surface area contributed by atoms with Crippen LogP contribution in [0.1, 0.15) is 27.7 Å². The molecule has 0 heterocycles. The van der Waals surface area contributed by atoms with Crippen LogP contribution in [0.25, 0.3) is 0 Å². The summed E-state index contributed by atoms with van der Waals surface area (Å²) in [5.41, 5.74) is 5.47. The van der Waals surface area contributed by atoms with Gasteiger partial charge in [-0.2, -0.15) is 13.2 Å². The molecule has 0 aromatic heterocycles. The van der Waals surface area contributed by atoms with Gasteiger partial charge in [0.1, 0.15) is 0 Å². The minimum atomic E-state index is -4.15. The molecule has 0 amide bonds. The molecule has 2 unspecified atom stereocenters. The fraction of sp³-hybridized carbons (Fsp3) is 1.00. The molecule has 0 radical (unpaired) electrons. The standard InChI is InChI=1S/C10H21F3N2/c1-7(2)15(6-10(11,12)13)9(4)8(3)5-14/h7-9H,5-6,14H2,1-4H3. The van der Waals surface area contributed by atoms with Crippen LogP contribution in [0.2, 0.25) is 0 Å². The van der Waals surface area contributed by atoms with E-state index in [1.165, 1.54) is 4.90 Å². The molecule has 0 spiro atoms. The maximum atomic E-state index is 12.3. The van der Waals surface area contributed by atoms with Crippen LogP contribution in [0, 0.1) is 5.92 Å². The number of nitrogens with two attached hydrogens (primary N) is 1. The van der Waals surface area contributed by atoms with E-state index >= 15 is 0 Å². The van der Waals surface area contributed by atoms with E-state index in [0.29, 0.717) is 6.54 Å². The van der Waals surface area contributed by atoms with Gasteiger partial charge in [-0.25, -0.2) is 0 Å². The van der Waals surface area contributed by atoms with Crippen LogP contribution in [0.3, 0.4) is 0 Å². The second-order valence-corrected chi connectivity index (χ2v) is 4.33. The summed E-state index contributed by atoms with van der Waals surface area (Å²) in [5.74, 6) is 0.0646. The molecular formula is C10H21F3N2. The van der Waals surface area contributed by atoms with Crippen LogP contribution in [-0.4, -0.2) is 36.2 Å². The highest BCUT2D eigenvalue weighted by atomic mass is 19.4. The van der Waals surface area contributed by atoms with E-state index in [1.807, 2.05) is 6.92 Å². The molecule has 5 heteroatoms. The summed E-state index contributed by atoms with van der Waals surface area (Å²) < 4.78 is 37.0. The fourth-order valence-electron chi connectivity index (χ4n) is 1.53. The van der Waals surface area contributed by atoms with Gasteiger partial charge in [0.25, 0.3) is 0 Å². The van der Waals surface area contributed by atoms with Crippen molar-refractivity contribution in [2.24, 2.45) is 11.7 Å². The van der Waals surface area contributed by atoms with Crippen LogP contribution in [0.5, 0.6) is 0 Å². The third kappa shape index (κ3) is 5.37. The lowest BCUT2D eigenvalue weighted by Gasteiger charge is -2.36. The number of hydrogen-bond acceptors (Lipinski definition) is 2. The normalized spacial score (nSPS) is 17.2. The summed E-state index contributed by atoms with van der Waals surface area (Å²) in [6.07, 6.45) is -4.15. The van der Waals surface area contributed by atoms with Crippen molar-refractivity contribution >= 4 is 0 Å². The van der Waals surface area contributed by atoms with Gasteiger partial charge in [-0.1, -0.05) is 6.92 Å². The number of hydrogen-bond donors (Lipinski definition) is 1. The predicted molar refractivity (Wildman–Crippen MR) is 55.6 cm³/mol. The number of alkyl halides is 3. The van der Waals surface area contributed by atoms with Gasteiger partial charge in [-0.05, 0) is 33.2 Å². The summed E-state index contributed by atoms with van der Waals surface area (Å²) >= 11 is 0. The molecule has 0 aliphatic carbocycles. The highest BCUT2D eigenvalue weighted by molar-refractivity contribution is 4.78. The van der Waals surface area contributed by atoms with E-state index < -0.39 is 12.7 Å². The van der Waals surface area contributed by atoms with E-state index in [0.717, 1.165) is 0 Å². The smallest absolute Gasteiger partial charge is 0.330 e. The Labute approximate surface area is 89.6 Å². The van der Waals surface area contributed by atoms with Crippen molar-refractivity contribution in [3.8, 4) is 0 Å². The molecule has 2 N–H and O–H groups in total. The van der Waals surface area contributed by atoms with Crippen LogP contribution >= 0.6 is 0 Å². The Hall–Kier alpha value is -0.290. The van der Waals surface area contributed by atoms with Gasteiger partial charge in [0.15, 0.2) is 0 Å². The van der Waals surface area contributed by atoms with Gasteiger partial charge in [-0.15, -0.1) is 0 Å². The first-order valence-corrected chi connectivity index (χ1v) is 5.21. The lowest BCUT2D eigenvalue weighted by atomic mass is 10.0. The second kappa shape index (κ2) is 5.70. The minimum Gasteiger partial charge on any atom is -0.330 e.